The van der Waals surface area contributed by atoms with Crippen LogP contribution in [0.2, 0.25) is 0 Å². The molecule has 0 aromatic carbocycles. The van der Waals surface area contributed by atoms with E-state index in [1.165, 1.54) is 7.11 Å². The minimum Gasteiger partial charge on any atom is -0.469 e. The normalized spacial score (nSPS) is 19.5. The fourth-order valence-electron chi connectivity index (χ4n) is 1.89. The number of halogens is 2. The quantitative estimate of drug-likeness (QED) is 0.674. The van der Waals surface area contributed by atoms with Gasteiger partial charge in [0.05, 0.1) is 13.7 Å². The number of likely N-dealkylation sites (tertiary alicyclic amines) is 1. The van der Waals surface area contributed by atoms with Crippen LogP contribution in [0.3, 0.4) is 0 Å². The molecule has 15 heavy (non-hydrogen) atoms. The molecule has 0 saturated carbocycles. The average molecular weight is 221 g/mol. The maximum Gasteiger partial charge on any atom is 0.305 e. The molecule has 0 unspecified atom stereocenters. The first kappa shape index (κ1) is 12.4. The van der Waals surface area contributed by atoms with Crippen LogP contribution in [0.15, 0.2) is 0 Å². The molecule has 0 spiro atoms. The zero-order valence-corrected chi connectivity index (χ0v) is 8.92. The predicted octanol–water partition coefficient (Wildman–Crippen LogP) is 1.53. The van der Waals surface area contributed by atoms with Crippen LogP contribution in [0.1, 0.15) is 19.3 Å². The largest absolute Gasteiger partial charge is 0.469 e. The Morgan fingerprint density at radius 2 is 2.07 bits per heavy atom. The summed E-state index contributed by atoms with van der Waals surface area (Å²) in [4.78, 5) is 12.7. The van der Waals surface area contributed by atoms with E-state index < -0.39 is 6.43 Å². The van der Waals surface area contributed by atoms with Crippen LogP contribution in [0.5, 0.6) is 0 Å². The van der Waals surface area contributed by atoms with E-state index >= 15 is 0 Å². The zero-order valence-electron chi connectivity index (χ0n) is 8.92. The molecule has 0 aromatic heterocycles. The number of esters is 1. The molecule has 1 aliphatic rings. The highest BCUT2D eigenvalue weighted by Crippen LogP contribution is 2.21. The first-order valence-corrected chi connectivity index (χ1v) is 5.19. The average Bonchev–Trinajstić information content (AvgIpc) is 2.20. The van der Waals surface area contributed by atoms with Crippen molar-refractivity contribution in [1.82, 2.24) is 4.90 Å². The molecule has 1 aliphatic heterocycles. The number of hydrogen-bond acceptors (Lipinski definition) is 3. The third-order valence-corrected chi connectivity index (χ3v) is 2.79. The lowest BCUT2D eigenvalue weighted by Gasteiger charge is -2.31. The van der Waals surface area contributed by atoms with E-state index in [-0.39, 0.29) is 12.5 Å². The van der Waals surface area contributed by atoms with Gasteiger partial charge in [-0.2, -0.15) is 0 Å². The van der Waals surface area contributed by atoms with Crippen LogP contribution < -0.4 is 0 Å². The van der Waals surface area contributed by atoms with E-state index in [1.807, 2.05) is 0 Å². The van der Waals surface area contributed by atoms with E-state index in [0.717, 1.165) is 12.8 Å². The van der Waals surface area contributed by atoms with Crippen molar-refractivity contribution < 1.29 is 18.3 Å². The summed E-state index contributed by atoms with van der Waals surface area (Å²) in [5.74, 6) is 0.0914. The second-order valence-corrected chi connectivity index (χ2v) is 3.92. The van der Waals surface area contributed by atoms with Gasteiger partial charge in [0, 0.05) is 6.42 Å². The Morgan fingerprint density at radius 3 is 2.53 bits per heavy atom. The molecule has 3 nitrogen and oxygen atoms in total. The third kappa shape index (κ3) is 4.55. The van der Waals surface area contributed by atoms with Crippen molar-refractivity contribution in [3.05, 3.63) is 0 Å². The van der Waals surface area contributed by atoms with Crippen molar-refractivity contribution in [3.8, 4) is 0 Å². The standard InChI is InChI=1S/C10H17F2NO2/c1-15-10(14)6-8-2-4-13(5-3-8)7-9(11)12/h8-9H,2-7H2,1H3. The number of piperidine rings is 1. The molecule has 0 atom stereocenters. The van der Waals surface area contributed by atoms with Crippen LogP contribution in [0.4, 0.5) is 8.78 Å². The molecule has 0 aliphatic carbocycles. The van der Waals surface area contributed by atoms with Crippen molar-refractivity contribution in [2.24, 2.45) is 5.92 Å². The molecule has 0 amide bonds. The summed E-state index contributed by atoms with van der Waals surface area (Å²) in [6, 6.07) is 0. The highest BCUT2D eigenvalue weighted by Gasteiger charge is 2.23. The number of alkyl halides is 2. The Balaban J connectivity index is 2.20. The predicted molar refractivity (Wildman–Crippen MR) is 51.8 cm³/mol. The van der Waals surface area contributed by atoms with Gasteiger partial charge in [0.1, 0.15) is 0 Å². The van der Waals surface area contributed by atoms with Gasteiger partial charge < -0.3 is 4.74 Å². The fourth-order valence-corrected chi connectivity index (χ4v) is 1.89. The van der Waals surface area contributed by atoms with Crippen molar-refractivity contribution in [2.75, 3.05) is 26.7 Å². The van der Waals surface area contributed by atoms with Gasteiger partial charge in [0.2, 0.25) is 0 Å². The van der Waals surface area contributed by atoms with E-state index in [0.29, 0.717) is 25.4 Å². The van der Waals surface area contributed by atoms with Gasteiger partial charge in [-0.1, -0.05) is 0 Å². The summed E-state index contributed by atoms with van der Waals surface area (Å²) in [6.07, 6.45) is -0.231. The summed E-state index contributed by atoms with van der Waals surface area (Å²) in [6.45, 7) is 1.17. The van der Waals surface area contributed by atoms with Crippen LogP contribution in [0, 0.1) is 5.92 Å². The molecule has 0 N–H and O–H groups in total. The van der Waals surface area contributed by atoms with Gasteiger partial charge in [0.25, 0.3) is 6.43 Å². The van der Waals surface area contributed by atoms with E-state index in [2.05, 4.69) is 4.74 Å². The number of hydrogen-bond donors (Lipinski definition) is 0. The number of carbonyl (C=O) groups is 1. The van der Waals surface area contributed by atoms with Gasteiger partial charge in [-0.15, -0.1) is 0 Å². The summed E-state index contributed by atoms with van der Waals surface area (Å²) in [5, 5.41) is 0. The van der Waals surface area contributed by atoms with Crippen LogP contribution in [-0.4, -0.2) is 44.0 Å². The topological polar surface area (TPSA) is 29.5 Å². The van der Waals surface area contributed by atoms with Gasteiger partial charge in [-0.3, -0.25) is 9.69 Å². The van der Waals surface area contributed by atoms with Gasteiger partial charge in [-0.25, -0.2) is 8.78 Å². The smallest absolute Gasteiger partial charge is 0.305 e. The fraction of sp³-hybridized carbons (Fsp3) is 0.900. The van der Waals surface area contributed by atoms with Crippen molar-refractivity contribution in [3.63, 3.8) is 0 Å². The molecule has 0 radical (unpaired) electrons. The van der Waals surface area contributed by atoms with Gasteiger partial charge >= 0.3 is 5.97 Å². The molecular weight excluding hydrogens is 204 g/mol. The molecule has 0 bridgehead atoms. The molecular formula is C10H17F2NO2. The van der Waals surface area contributed by atoms with E-state index in [9.17, 15) is 13.6 Å². The summed E-state index contributed by atoms with van der Waals surface area (Å²) >= 11 is 0. The summed E-state index contributed by atoms with van der Waals surface area (Å²) in [5.41, 5.74) is 0. The molecule has 1 rings (SSSR count). The highest BCUT2D eigenvalue weighted by atomic mass is 19.3. The first-order valence-electron chi connectivity index (χ1n) is 5.19. The Morgan fingerprint density at radius 1 is 1.47 bits per heavy atom. The van der Waals surface area contributed by atoms with Gasteiger partial charge in [-0.05, 0) is 31.8 Å². The van der Waals surface area contributed by atoms with Crippen LogP contribution in [-0.2, 0) is 9.53 Å². The minimum absolute atomic E-state index is 0.148. The lowest BCUT2D eigenvalue weighted by atomic mass is 9.94. The minimum atomic E-state index is -2.26. The highest BCUT2D eigenvalue weighted by molar-refractivity contribution is 5.69. The summed E-state index contributed by atoms with van der Waals surface area (Å²) < 4.78 is 28.7. The molecule has 1 heterocycles. The lowest BCUT2D eigenvalue weighted by molar-refractivity contribution is -0.142. The van der Waals surface area contributed by atoms with Crippen LogP contribution >= 0.6 is 0 Å². The van der Waals surface area contributed by atoms with E-state index in [1.54, 1.807) is 4.90 Å². The van der Waals surface area contributed by atoms with E-state index in [4.69, 9.17) is 0 Å². The third-order valence-electron chi connectivity index (χ3n) is 2.79. The Bertz CT molecular complexity index is 204. The molecule has 1 fully saturated rings. The number of carbonyl (C=O) groups excluding carboxylic acids is 1. The maximum absolute atomic E-state index is 12.1. The second kappa shape index (κ2) is 6.00. The molecule has 1 saturated heterocycles. The monoisotopic (exact) mass is 221 g/mol. The number of ether oxygens (including phenoxy) is 1. The summed E-state index contributed by atoms with van der Waals surface area (Å²) in [7, 11) is 1.37. The van der Waals surface area contributed by atoms with Crippen LogP contribution in [0.25, 0.3) is 0 Å². The molecule has 5 heteroatoms. The Kier molecular flexibility index (Phi) is 4.94. The first-order chi connectivity index (χ1) is 7.11. The van der Waals surface area contributed by atoms with Crippen molar-refractivity contribution in [2.45, 2.75) is 25.7 Å². The Labute approximate surface area is 88.4 Å². The lowest BCUT2D eigenvalue weighted by Crippen LogP contribution is -2.37. The second-order valence-electron chi connectivity index (χ2n) is 3.92. The molecule has 88 valence electrons. The van der Waals surface area contributed by atoms with Crippen molar-refractivity contribution in [1.29, 1.82) is 0 Å². The SMILES string of the molecule is COC(=O)CC1CCN(CC(F)F)CC1. The van der Waals surface area contributed by atoms with Crippen molar-refractivity contribution >= 4 is 5.97 Å². The zero-order chi connectivity index (χ0) is 11.3. The molecule has 0 aromatic rings. The Hall–Kier alpha value is -0.710. The number of rotatable bonds is 4. The number of nitrogens with zero attached hydrogens (tertiary/aromatic N) is 1. The maximum atomic E-state index is 12.1. The number of methoxy groups -OCH3 is 1. The van der Waals surface area contributed by atoms with Gasteiger partial charge in [0.15, 0.2) is 0 Å².